The molecule has 0 bridgehead atoms. The first-order chi connectivity index (χ1) is 11.5. The number of hydrogen-bond donors (Lipinski definition) is 2. The smallest absolute Gasteiger partial charge is 0.252 e. The predicted molar refractivity (Wildman–Crippen MR) is 89.6 cm³/mol. The van der Waals surface area contributed by atoms with Crippen LogP contribution in [0, 0.1) is 6.92 Å². The lowest BCUT2D eigenvalue weighted by Gasteiger charge is -2.22. The predicted octanol–water partition coefficient (Wildman–Crippen LogP) is 1.12. The second-order valence-electron chi connectivity index (χ2n) is 5.61. The second kappa shape index (κ2) is 7.02. The summed E-state index contributed by atoms with van der Waals surface area (Å²) in [5, 5.41) is 5.18. The van der Waals surface area contributed by atoms with Crippen LogP contribution in [-0.4, -0.2) is 44.8 Å². The quantitative estimate of drug-likeness (QED) is 0.838. The van der Waals surface area contributed by atoms with Crippen LogP contribution < -0.4 is 11.1 Å². The molecule has 1 unspecified atom stereocenters. The molecule has 9 heteroatoms. The third kappa shape index (κ3) is 3.57. The average molecular weight is 346 g/mol. The molecule has 3 rings (SSSR count). The minimum absolute atomic E-state index is 0.0346. The highest BCUT2D eigenvalue weighted by molar-refractivity contribution is 7.13. The van der Waals surface area contributed by atoms with E-state index in [1.165, 1.54) is 17.5 Å². The third-order valence-corrected chi connectivity index (χ3v) is 4.64. The van der Waals surface area contributed by atoms with Crippen molar-refractivity contribution in [3.8, 4) is 0 Å². The Morgan fingerprint density at radius 1 is 1.46 bits per heavy atom. The molecule has 126 valence electrons. The molecule has 2 amide bonds. The molecule has 2 aromatic rings. The molecule has 1 aliphatic rings. The number of nitrogens with zero attached hydrogens (tertiary/aromatic N) is 4. The van der Waals surface area contributed by atoms with E-state index in [0.717, 1.165) is 19.4 Å². The molecule has 1 aliphatic heterocycles. The molecule has 2 aromatic heterocycles. The van der Waals surface area contributed by atoms with E-state index in [1.807, 2.05) is 10.3 Å². The van der Waals surface area contributed by atoms with Gasteiger partial charge in [0.1, 0.15) is 5.82 Å². The Bertz CT molecular complexity index is 748. The lowest BCUT2D eigenvalue weighted by atomic mass is 10.1. The van der Waals surface area contributed by atoms with Gasteiger partial charge in [0.25, 0.3) is 5.91 Å². The van der Waals surface area contributed by atoms with Crippen molar-refractivity contribution >= 4 is 28.3 Å². The highest BCUT2D eigenvalue weighted by Crippen LogP contribution is 2.29. The number of aryl methyl sites for hydroxylation is 1. The molecule has 3 heterocycles. The number of likely N-dealkylation sites (tertiary alicyclic amines) is 1. The van der Waals surface area contributed by atoms with Crippen LogP contribution in [0.5, 0.6) is 0 Å². The summed E-state index contributed by atoms with van der Waals surface area (Å²) < 4.78 is 0. The summed E-state index contributed by atoms with van der Waals surface area (Å²) in [5.41, 5.74) is 6.17. The second-order valence-corrected chi connectivity index (χ2v) is 6.50. The maximum atomic E-state index is 12.2. The zero-order valence-corrected chi connectivity index (χ0v) is 14.0. The molecule has 0 radical (unpaired) electrons. The minimum Gasteiger partial charge on any atom is -0.365 e. The summed E-state index contributed by atoms with van der Waals surface area (Å²) in [6, 6.07) is -0.0346. The van der Waals surface area contributed by atoms with Gasteiger partial charge in [-0.3, -0.25) is 14.5 Å². The molecule has 0 saturated carbocycles. The molecular weight excluding hydrogens is 328 g/mol. The van der Waals surface area contributed by atoms with Gasteiger partial charge in [0.2, 0.25) is 5.91 Å². The van der Waals surface area contributed by atoms with E-state index in [0.29, 0.717) is 22.2 Å². The molecule has 8 nitrogen and oxygen atoms in total. The molecule has 24 heavy (non-hydrogen) atoms. The van der Waals surface area contributed by atoms with Gasteiger partial charge in [-0.15, -0.1) is 11.3 Å². The molecule has 0 aromatic carbocycles. The number of nitrogens with two attached hydrogens (primary N) is 1. The Hall–Kier alpha value is -2.39. The van der Waals surface area contributed by atoms with Crippen LogP contribution in [0.1, 0.15) is 40.8 Å². The van der Waals surface area contributed by atoms with Crippen molar-refractivity contribution in [3.05, 3.63) is 34.9 Å². The molecule has 1 atom stereocenters. The van der Waals surface area contributed by atoms with Gasteiger partial charge in [0, 0.05) is 17.8 Å². The zero-order valence-electron chi connectivity index (χ0n) is 13.2. The molecule has 0 aliphatic carbocycles. The molecular formula is C15H18N6O2S. The Balaban J connectivity index is 1.70. The number of rotatable bonds is 5. The number of primary amides is 1. The lowest BCUT2D eigenvalue weighted by Crippen LogP contribution is -2.33. The summed E-state index contributed by atoms with van der Waals surface area (Å²) in [6.07, 6.45) is 4.96. The van der Waals surface area contributed by atoms with E-state index in [1.54, 1.807) is 13.1 Å². The van der Waals surface area contributed by atoms with E-state index in [9.17, 15) is 9.59 Å². The Morgan fingerprint density at radius 3 is 2.96 bits per heavy atom. The van der Waals surface area contributed by atoms with Gasteiger partial charge in [0.15, 0.2) is 5.13 Å². The number of carbonyl (C=O) groups is 2. The van der Waals surface area contributed by atoms with E-state index < -0.39 is 5.91 Å². The fourth-order valence-electron chi connectivity index (χ4n) is 2.82. The number of hydrogen-bond acceptors (Lipinski definition) is 7. The third-order valence-electron chi connectivity index (χ3n) is 3.95. The summed E-state index contributed by atoms with van der Waals surface area (Å²) in [7, 11) is 0. The van der Waals surface area contributed by atoms with Crippen LogP contribution in [0.2, 0.25) is 0 Å². The van der Waals surface area contributed by atoms with Crippen molar-refractivity contribution in [1.29, 1.82) is 0 Å². The van der Waals surface area contributed by atoms with E-state index >= 15 is 0 Å². The topological polar surface area (TPSA) is 114 Å². The minimum atomic E-state index is -0.537. The summed E-state index contributed by atoms with van der Waals surface area (Å²) in [6.45, 7) is 2.79. The Labute approximate surface area is 143 Å². The van der Waals surface area contributed by atoms with E-state index in [2.05, 4.69) is 20.3 Å². The van der Waals surface area contributed by atoms with Gasteiger partial charge in [-0.25, -0.2) is 15.0 Å². The number of aromatic nitrogens is 3. The maximum Gasteiger partial charge on any atom is 0.252 e. The van der Waals surface area contributed by atoms with Crippen molar-refractivity contribution in [2.45, 2.75) is 25.8 Å². The highest BCUT2D eigenvalue weighted by atomic mass is 32.1. The first kappa shape index (κ1) is 16.5. The van der Waals surface area contributed by atoms with Crippen LogP contribution in [-0.2, 0) is 4.79 Å². The van der Waals surface area contributed by atoms with E-state index in [4.69, 9.17) is 5.73 Å². The summed E-state index contributed by atoms with van der Waals surface area (Å²) in [5.74, 6) is -0.0236. The van der Waals surface area contributed by atoms with Crippen LogP contribution in [0.25, 0.3) is 0 Å². The SMILES string of the molecule is Cc1nc(C2CCCN2CC(=O)Nc2nccs2)ncc1C(N)=O. The summed E-state index contributed by atoms with van der Waals surface area (Å²) in [4.78, 5) is 38.2. The van der Waals surface area contributed by atoms with Crippen LogP contribution >= 0.6 is 11.3 Å². The average Bonchev–Trinajstić information content (AvgIpc) is 3.18. The lowest BCUT2D eigenvalue weighted by molar-refractivity contribution is -0.117. The molecule has 3 N–H and O–H groups in total. The number of thiazole rings is 1. The number of anilines is 1. The van der Waals surface area contributed by atoms with Crippen molar-refractivity contribution in [2.75, 3.05) is 18.4 Å². The monoisotopic (exact) mass is 346 g/mol. The number of amides is 2. The van der Waals surface area contributed by atoms with E-state index in [-0.39, 0.29) is 18.5 Å². The molecule has 0 spiro atoms. The normalized spacial score (nSPS) is 17.8. The first-order valence-electron chi connectivity index (χ1n) is 7.61. The molecule has 1 fully saturated rings. The van der Waals surface area contributed by atoms with Crippen molar-refractivity contribution in [1.82, 2.24) is 19.9 Å². The fourth-order valence-corrected chi connectivity index (χ4v) is 3.37. The molecule has 1 saturated heterocycles. The first-order valence-corrected chi connectivity index (χ1v) is 8.49. The standard InChI is InChI=1S/C15H18N6O2S/c1-9-10(13(16)23)7-18-14(19-9)11-3-2-5-21(11)8-12(22)20-15-17-4-6-24-15/h4,6-7,11H,2-3,5,8H2,1H3,(H2,16,23)(H,17,20,22). The Morgan fingerprint density at radius 2 is 2.29 bits per heavy atom. The van der Waals surface area contributed by atoms with Gasteiger partial charge in [-0.1, -0.05) is 0 Å². The van der Waals surface area contributed by atoms with Crippen LogP contribution in [0.15, 0.2) is 17.8 Å². The number of carbonyl (C=O) groups excluding carboxylic acids is 2. The number of nitrogens with one attached hydrogen (secondary N) is 1. The van der Waals surface area contributed by atoms with Crippen molar-refractivity contribution in [2.24, 2.45) is 5.73 Å². The highest BCUT2D eigenvalue weighted by Gasteiger charge is 2.30. The van der Waals surface area contributed by atoms with Gasteiger partial charge in [-0.05, 0) is 26.3 Å². The van der Waals surface area contributed by atoms with Gasteiger partial charge in [0.05, 0.1) is 23.8 Å². The zero-order chi connectivity index (χ0) is 17.1. The van der Waals surface area contributed by atoms with Gasteiger partial charge in [-0.2, -0.15) is 0 Å². The van der Waals surface area contributed by atoms with Crippen LogP contribution in [0.4, 0.5) is 5.13 Å². The maximum absolute atomic E-state index is 12.2. The van der Waals surface area contributed by atoms with Gasteiger partial charge < -0.3 is 11.1 Å². The van der Waals surface area contributed by atoms with Crippen molar-refractivity contribution in [3.63, 3.8) is 0 Å². The summed E-state index contributed by atoms with van der Waals surface area (Å²) >= 11 is 1.38. The van der Waals surface area contributed by atoms with Gasteiger partial charge >= 0.3 is 0 Å². The fraction of sp³-hybridized carbons (Fsp3) is 0.400. The largest absolute Gasteiger partial charge is 0.365 e. The van der Waals surface area contributed by atoms with Crippen molar-refractivity contribution < 1.29 is 9.59 Å². The van der Waals surface area contributed by atoms with Crippen LogP contribution in [0.3, 0.4) is 0 Å². The Kier molecular flexibility index (Phi) is 4.81.